The molecule has 2 aliphatic heterocycles. The van der Waals surface area contributed by atoms with E-state index in [1.54, 1.807) is 34.6 Å². The number of pyridine rings is 4. The molecule has 0 aromatic carbocycles. The molecule has 0 radical (unpaired) electrons. The first kappa shape index (κ1) is 57.3. The Morgan fingerprint density at radius 3 is 1.67 bits per heavy atom. The van der Waals surface area contributed by atoms with Crippen LogP contribution in [-0.4, -0.2) is 104 Å². The van der Waals surface area contributed by atoms with Crippen molar-refractivity contribution >= 4 is 107 Å². The lowest BCUT2D eigenvalue weighted by Crippen LogP contribution is -2.47. The van der Waals surface area contributed by atoms with E-state index >= 15 is 8.78 Å². The fourth-order valence-electron chi connectivity index (χ4n) is 8.80. The first-order valence-corrected chi connectivity index (χ1v) is 29.6. The number of hydrogen-bond donors (Lipinski definition) is 1. The third-order valence-corrected chi connectivity index (χ3v) is 17.8. The number of hydrogen-bond acceptors (Lipinski definition) is 16. The van der Waals surface area contributed by atoms with Crippen molar-refractivity contribution in [3.05, 3.63) is 117 Å². The highest BCUT2D eigenvalue weighted by atomic mass is 35.5. The standard InChI is InChI=1S/C31H39ClF2N4O5SSi.C20H17ClF2N4O2S/c1-29(2,3)43-28(40)38(18-42-11-12-45(6,7)8)27-37-30(4,24-15-31(24,44-27)26(39)41-5)21-13-19(16-36-25(21)34)14-22(33)23-10-9-20(32)17-35-23;1-19(15-7-20(15,17(28)29-2)30-18(24)27-19)12-5-10(8-26-16(12)23)6-13(22)14-4-3-11(21)9-25-14/h9-10,13-14,16-17,24H,11-12,15,18H2,1-8H3;3-6,8-9,15H,7H2,1-2H3,(H2,24,27)/b22-14+;13-6+/t24-,30+,31-;15-,19+,20-/m00/s1. The van der Waals surface area contributed by atoms with Crippen LogP contribution in [0.1, 0.15) is 81.1 Å². The van der Waals surface area contributed by atoms with Crippen molar-refractivity contribution in [3.63, 3.8) is 0 Å². The number of carbonyl (C=O) groups excluding carboxylic acids is 3. The number of carbonyl (C=O) groups is 3. The highest BCUT2D eigenvalue weighted by Crippen LogP contribution is 2.68. The molecule has 400 valence electrons. The predicted molar refractivity (Wildman–Crippen MR) is 287 cm³/mol. The highest BCUT2D eigenvalue weighted by molar-refractivity contribution is 8.16. The van der Waals surface area contributed by atoms with Gasteiger partial charge in [-0.2, -0.15) is 8.78 Å². The van der Waals surface area contributed by atoms with Crippen LogP contribution in [0.5, 0.6) is 0 Å². The van der Waals surface area contributed by atoms with E-state index in [0.717, 1.165) is 29.6 Å². The maximum Gasteiger partial charge on any atom is 0.418 e. The van der Waals surface area contributed by atoms with Crippen molar-refractivity contribution in [3.8, 4) is 0 Å². The van der Waals surface area contributed by atoms with Crippen LogP contribution < -0.4 is 5.73 Å². The van der Waals surface area contributed by atoms with Gasteiger partial charge in [0.25, 0.3) is 0 Å². The van der Waals surface area contributed by atoms with Gasteiger partial charge in [-0.15, -0.1) is 0 Å². The number of ether oxygens (including phenoxy) is 4. The van der Waals surface area contributed by atoms with Gasteiger partial charge in [0.15, 0.2) is 10.3 Å². The average molecular weight is 1130 g/mol. The number of esters is 2. The number of aliphatic imine (C=N–C) groups is 2. The first-order chi connectivity index (χ1) is 35.1. The number of fused-ring (bicyclic) bond motifs is 2. The number of aromatic nitrogens is 4. The second-order valence-corrected chi connectivity index (χ2v) is 29.9. The van der Waals surface area contributed by atoms with Gasteiger partial charge in [0.1, 0.15) is 33.5 Å². The number of methoxy groups -OCH3 is 2. The third-order valence-electron chi connectivity index (χ3n) is 12.9. The molecule has 4 aromatic heterocycles. The second-order valence-electron chi connectivity index (χ2n) is 20.8. The minimum atomic E-state index is -1.43. The number of nitrogens with two attached hydrogens (primary N) is 1. The Labute approximate surface area is 451 Å². The van der Waals surface area contributed by atoms with E-state index in [-0.39, 0.29) is 51.1 Å². The van der Waals surface area contributed by atoms with E-state index in [9.17, 15) is 23.2 Å². The molecular weight excluding hydrogens is 1080 g/mol. The van der Waals surface area contributed by atoms with Crippen molar-refractivity contribution in [2.75, 3.05) is 27.6 Å². The number of nitrogens with zero attached hydrogens (tertiary/aromatic N) is 7. The molecule has 2 fully saturated rings. The van der Waals surface area contributed by atoms with Crippen LogP contribution in [0.2, 0.25) is 35.7 Å². The average Bonchev–Trinajstić information content (AvgIpc) is 4.27. The lowest BCUT2D eigenvalue weighted by atomic mass is 9.86. The molecule has 24 heteroatoms. The molecule has 2 saturated carbocycles. The largest absolute Gasteiger partial charge is 0.468 e. The molecule has 6 atom stereocenters. The molecule has 0 saturated heterocycles. The Balaban J connectivity index is 0.000000236. The van der Waals surface area contributed by atoms with Gasteiger partial charge < -0.3 is 24.7 Å². The monoisotopic (exact) mass is 1130 g/mol. The summed E-state index contributed by atoms with van der Waals surface area (Å²) in [5.41, 5.74) is 3.47. The third kappa shape index (κ3) is 12.6. The van der Waals surface area contributed by atoms with Crippen LogP contribution in [0.15, 0.2) is 71.2 Å². The van der Waals surface area contributed by atoms with Crippen LogP contribution >= 0.6 is 46.7 Å². The normalized spacial score (nSPS) is 25.0. The van der Waals surface area contributed by atoms with Crippen molar-refractivity contribution in [1.29, 1.82) is 0 Å². The number of rotatable bonds is 13. The SMILES string of the molecule is COC(=O)[C@]12C[C@H]1[C@@](C)(c1cc(/C=C(/F)c3ccc(Cl)cn3)cnc1F)N=C(N(COCC[Si](C)(C)C)C(=O)OC(C)(C)C)S2.COC(=O)[C@]12C[C@H]1[C@@](C)(c1cc(/C=C(/F)c3ccc(Cl)cn3)cnc1F)N=C(N)S2. The molecule has 6 heterocycles. The summed E-state index contributed by atoms with van der Waals surface area (Å²) in [6.07, 6.45) is 7.44. The molecule has 2 N–H and O–H groups in total. The molecule has 1 amide bonds. The molecule has 15 nitrogen and oxygen atoms in total. The zero-order valence-electron chi connectivity index (χ0n) is 42.8. The minimum Gasteiger partial charge on any atom is -0.468 e. The number of halogens is 6. The molecule has 4 aromatic rings. The molecule has 4 aliphatic rings. The molecule has 0 bridgehead atoms. The summed E-state index contributed by atoms with van der Waals surface area (Å²) in [7, 11) is 1.15. The zero-order chi connectivity index (χ0) is 55.1. The Kier molecular flexibility index (Phi) is 16.8. The summed E-state index contributed by atoms with van der Waals surface area (Å²) in [5.74, 6) is -4.68. The van der Waals surface area contributed by atoms with Crippen molar-refractivity contribution < 1.29 is 50.9 Å². The lowest BCUT2D eigenvalue weighted by molar-refractivity contribution is -0.142. The van der Waals surface area contributed by atoms with E-state index in [4.69, 9.17) is 52.9 Å². The smallest absolute Gasteiger partial charge is 0.418 e. The van der Waals surface area contributed by atoms with Gasteiger partial charge in [-0.05, 0) is 113 Å². The van der Waals surface area contributed by atoms with Gasteiger partial charge >= 0.3 is 18.0 Å². The van der Waals surface area contributed by atoms with Crippen LogP contribution in [-0.2, 0) is 39.6 Å². The Hall–Kier alpha value is -5.39. The van der Waals surface area contributed by atoms with E-state index in [1.165, 1.54) is 92.5 Å². The topological polar surface area (TPSA) is 194 Å². The Morgan fingerprint density at radius 1 is 0.773 bits per heavy atom. The summed E-state index contributed by atoms with van der Waals surface area (Å²) in [4.78, 5) is 65.2. The van der Waals surface area contributed by atoms with Crippen molar-refractivity contribution in [2.24, 2.45) is 27.6 Å². The van der Waals surface area contributed by atoms with Gasteiger partial charge in [0, 0.05) is 62.4 Å². The van der Waals surface area contributed by atoms with E-state index < -0.39 is 81.7 Å². The Bertz CT molecular complexity index is 3000. The number of amides is 1. The van der Waals surface area contributed by atoms with Crippen LogP contribution in [0.3, 0.4) is 0 Å². The molecule has 2 aliphatic carbocycles. The summed E-state index contributed by atoms with van der Waals surface area (Å²) >= 11 is 13.9. The maximum atomic E-state index is 15.6. The van der Waals surface area contributed by atoms with E-state index in [1.807, 2.05) is 0 Å². The van der Waals surface area contributed by atoms with Crippen LogP contribution in [0, 0.1) is 23.7 Å². The van der Waals surface area contributed by atoms with E-state index in [0.29, 0.717) is 35.1 Å². The predicted octanol–water partition coefficient (Wildman–Crippen LogP) is 11.5. The number of thioether (sulfide) groups is 2. The van der Waals surface area contributed by atoms with Gasteiger partial charge in [-0.1, -0.05) is 66.4 Å². The maximum absolute atomic E-state index is 15.6. The summed E-state index contributed by atoms with van der Waals surface area (Å²) in [6.45, 7) is 15.4. The second kappa shape index (κ2) is 21.9. The van der Waals surface area contributed by atoms with E-state index in [2.05, 4.69) is 44.6 Å². The molecule has 8 rings (SSSR count). The van der Waals surface area contributed by atoms with Gasteiger partial charge in [-0.3, -0.25) is 29.5 Å². The van der Waals surface area contributed by atoms with Gasteiger partial charge in [0.2, 0.25) is 11.9 Å². The van der Waals surface area contributed by atoms with Gasteiger partial charge in [-0.25, -0.2) is 28.4 Å². The quantitative estimate of drug-likeness (QED) is 0.0253. The molecule has 0 unspecified atom stereocenters. The fourth-order valence-corrected chi connectivity index (χ4v) is 12.8. The summed E-state index contributed by atoms with van der Waals surface area (Å²) in [6, 6.07) is 9.65. The molecular formula is C51H56Cl2F4N8O7S2Si. The molecule has 0 spiro atoms. The summed E-state index contributed by atoms with van der Waals surface area (Å²) < 4.78 is 79.7. The fraction of sp³-hybridized carbons (Fsp3) is 0.431. The first-order valence-electron chi connectivity index (χ1n) is 23.5. The van der Waals surface area contributed by atoms with Crippen molar-refractivity contribution in [2.45, 2.75) is 99.3 Å². The Morgan fingerprint density at radius 2 is 1.24 bits per heavy atom. The highest BCUT2D eigenvalue weighted by Gasteiger charge is 2.73. The number of amidine groups is 2. The van der Waals surface area contributed by atoms with Crippen LogP contribution in [0.25, 0.3) is 23.8 Å². The zero-order valence-corrected chi connectivity index (χ0v) is 46.9. The summed E-state index contributed by atoms with van der Waals surface area (Å²) in [5, 5.41) is 1.02. The lowest BCUT2D eigenvalue weighted by Gasteiger charge is -2.37. The minimum absolute atomic E-state index is 0.0329. The molecule has 75 heavy (non-hydrogen) atoms. The van der Waals surface area contributed by atoms with Crippen molar-refractivity contribution in [1.82, 2.24) is 24.8 Å². The van der Waals surface area contributed by atoms with Crippen LogP contribution in [0.4, 0.5) is 22.4 Å². The van der Waals surface area contributed by atoms with Gasteiger partial charge in [0.05, 0.1) is 46.7 Å².